The highest BCUT2D eigenvalue weighted by molar-refractivity contribution is 6.22. The highest BCUT2D eigenvalue weighted by Gasteiger charge is 2.41. The zero-order valence-corrected chi connectivity index (χ0v) is 7.36. The third-order valence-electron chi connectivity index (χ3n) is 3.28. The summed E-state index contributed by atoms with van der Waals surface area (Å²) in [5.41, 5.74) is 0.0938. The van der Waals surface area contributed by atoms with E-state index in [0.717, 1.165) is 5.92 Å². The molecule has 62 valence electrons. The molecule has 2 heteroatoms. The van der Waals surface area contributed by atoms with Gasteiger partial charge in [0.2, 0.25) is 6.07 Å². The number of hydrogen-bond acceptors (Lipinski definition) is 1. The fourth-order valence-electron chi connectivity index (χ4n) is 2.44. The third-order valence-corrected chi connectivity index (χ3v) is 3.36. The van der Waals surface area contributed by atoms with Crippen LogP contribution in [0.4, 0.5) is 0 Å². The van der Waals surface area contributed by atoms with Crippen LogP contribution < -0.4 is 0 Å². The first kappa shape index (κ1) is 7.88. The molecule has 0 spiro atoms. The number of halogens is 1. The third kappa shape index (κ3) is 1.41. The van der Waals surface area contributed by atoms with Gasteiger partial charge in [0, 0.05) is 0 Å². The highest BCUT2D eigenvalue weighted by Crippen LogP contribution is 2.46. The Hall–Kier alpha value is 0.250. The zero-order chi connectivity index (χ0) is 7.73. The Morgan fingerprint density at radius 1 is 1.18 bits per heavy atom. The summed E-state index contributed by atoms with van der Waals surface area (Å²) in [6.07, 6.45) is 7.57. The molecule has 0 amide bonds. The molecule has 0 unspecified atom stereocenters. The standard InChI is InChI=1S/C9H13ClO/c10-7-11-9-4-1-8(2-5-9)3-6-9/h8H,1-6H2. The Bertz CT molecular complexity index is 119. The van der Waals surface area contributed by atoms with Gasteiger partial charge in [0.25, 0.3) is 0 Å². The van der Waals surface area contributed by atoms with Gasteiger partial charge in [0.05, 0.1) is 5.60 Å². The van der Waals surface area contributed by atoms with Crippen LogP contribution >= 0.6 is 11.6 Å². The van der Waals surface area contributed by atoms with Gasteiger partial charge in [-0.2, -0.15) is 0 Å². The fraction of sp³-hybridized carbons (Fsp3) is 0.889. The van der Waals surface area contributed by atoms with Gasteiger partial charge in [-0.15, -0.1) is 0 Å². The second-order valence-electron chi connectivity index (χ2n) is 3.84. The summed E-state index contributed by atoms with van der Waals surface area (Å²) >= 11 is 5.35. The van der Waals surface area contributed by atoms with E-state index < -0.39 is 0 Å². The first-order chi connectivity index (χ1) is 5.35. The Labute approximate surface area is 73.1 Å². The SMILES string of the molecule is Cl[C]OC12CCC(CC1)CC2. The van der Waals surface area contributed by atoms with Crippen molar-refractivity contribution >= 4 is 11.6 Å². The van der Waals surface area contributed by atoms with E-state index >= 15 is 0 Å². The fourth-order valence-corrected chi connectivity index (χ4v) is 2.61. The lowest BCUT2D eigenvalue weighted by atomic mass is 9.68. The van der Waals surface area contributed by atoms with Crippen LogP contribution in [0.2, 0.25) is 0 Å². The molecule has 0 N–H and O–H groups in total. The minimum Gasteiger partial charge on any atom is -0.345 e. The van der Waals surface area contributed by atoms with Crippen LogP contribution in [0, 0.1) is 12.0 Å². The van der Waals surface area contributed by atoms with Crippen LogP contribution in [0.25, 0.3) is 0 Å². The Morgan fingerprint density at radius 2 is 1.73 bits per heavy atom. The number of hydrogen-bond donors (Lipinski definition) is 0. The maximum absolute atomic E-state index is 5.37. The molecule has 3 saturated carbocycles. The molecule has 2 radical (unpaired) electrons. The maximum atomic E-state index is 5.37. The summed E-state index contributed by atoms with van der Waals surface area (Å²) in [6, 6.07) is 2.33. The van der Waals surface area contributed by atoms with E-state index in [-0.39, 0.29) is 5.60 Å². The summed E-state index contributed by atoms with van der Waals surface area (Å²) in [6.45, 7) is 0. The monoisotopic (exact) mass is 172 g/mol. The molecule has 2 bridgehead atoms. The summed E-state index contributed by atoms with van der Waals surface area (Å²) in [5, 5.41) is 0. The topological polar surface area (TPSA) is 9.23 Å². The van der Waals surface area contributed by atoms with Gasteiger partial charge in [-0.3, -0.25) is 0 Å². The van der Waals surface area contributed by atoms with Crippen LogP contribution in [0.5, 0.6) is 0 Å². The van der Waals surface area contributed by atoms with E-state index in [2.05, 4.69) is 6.07 Å². The van der Waals surface area contributed by atoms with Gasteiger partial charge in [-0.05, 0) is 44.4 Å². The van der Waals surface area contributed by atoms with E-state index in [1.165, 1.54) is 38.5 Å². The molecule has 0 aromatic heterocycles. The van der Waals surface area contributed by atoms with E-state index in [4.69, 9.17) is 16.3 Å². The zero-order valence-electron chi connectivity index (χ0n) is 6.61. The lowest BCUT2D eigenvalue weighted by molar-refractivity contribution is -0.0734. The van der Waals surface area contributed by atoms with Crippen molar-refractivity contribution in [2.24, 2.45) is 5.92 Å². The molecular weight excluding hydrogens is 160 g/mol. The molecule has 0 atom stereocenters. The van der Waals surface area contributed by atoms with Gasteiger partial charge >= 0.3 is 0 Å². The first-order valence-electron chi connectivity index (χ1n) is 4.38. The van der Waals surface area contributed by atoms with E-state index in [1.54, 1.807) is 0 Å². The van der Waals surface area contributed by atoms with Crippen LogP contribution in [-0.2, 0) is 4.74 Å². The van der Waals surface area contributed by atoms with Gasteiger partial charge in [-0.1, -0.05) is 11.6 Å². The molecule has 3 aliphatic carbocycles. The Balaban J connectivity index is 2.00. The average Bonchev–Trinajstić information content (AvgIpc) is 2.07. The van der Waals surface area contributed by atoms with Crippen molar-refractivity contribution in [2.45, 2.75) is 44.1 Å². The molecular formula is C9H13ClO. The minimum absolute atomic E-state index is 0.0938. The Morgan fingerprint density at radius 3 is 2.18 bits per heavy atom. The van der Waals surface area contributed by atoms with Crippen LogP contribution in [0.1, 0.15) is 38.5 Å². The second-order valence-corrected chi connectivity index (χ2v) is 4.00. The van der Waals surface area contributed by atoms with Gasteiger partial charge < -0.3 is 4.74 Å². The van der Waals surface area contributed by atoms with Gasteiger partial charge in [0.15, 0.2) is 0 Å². The smallest absolute Gasteiger partial charge is 0.237 e. The highest BCUT2D eigenvalue weighted by atomic mass is 35.5. The molecule has 0 aromatic carbocycles. The molecule has 3 fully saturated rings. The van der Waals surface area contributed by atoms with Crippen molar-refractivity contribution in [1.82, 2.24) is 0 Å². The van der Waals surface area contributed by atoms with Crippen LogP contribution in [0.15, 0.2) is 0 Å². The van der Waals surface area contributed by atoms with Gasteiger partial charge in [-0.25, -0.2) is 0 Å². The van der Waals surface area contributed by atoms with Crippen molar-refractivity contribution in [3.05, 3.63) is 6.07 Å². The Kier molecular flexibility index (Phi) is 2.11. The maximum Gasteiger partial charge on any atom is 0.237 e. The number of ether oxygens (including phenoxy) is 1. The minimum atomic E-state index is 0.0938. The summed E-state index contributed by atoms with van der Waals surface area (Å²) in [7, 11) is 0. The van der Waals surface area contributed by atoms with Crippen molar-refractivity contribution in [3.63, 3.8) is 0 Å². The van der Waals surface area contributed by atoms with Crippen molar-refractivity contribution in [1.29, 1.82) is 0 Å². The molecule has 0 saturated heterocycles. The summed E-state index contributed by atoms with van der Waals surface area (Å²) in [5.74, 6) is 0.982. The first-order valence-corrected chi connectivity index (χ1v) is 4.76. The van der Waals surface area contributed by atoms with E-state index in [1.807, 2.05) is 0 Å². The molecule has 3 rings (SSSR count). The molecule has 11 heavy (non-hydrogen) atoms. The number of rotatable bonds is 2. The van der Waals surface area contributed by atoms with E-state index in [0.29, 0.717) is 0 Å². The predicted molar refractivity (Wildman–Crippen MR) is 44.1 cm³/mol. The molecule has 0 heterocycles. The number of fused-ring (bicyclic) bond motifs is 3. The van der Waals surface area contributed by atoms with Crippen LogP contribution in [0.3, 0.4) is 0 Å². The summed E-state index contributed by atoms with van der Waals surface area (Å²) < 4.78 is 5.37. The van der Waals surface area contributed by atoms with Gasteiger partial charge in [0.1, 0.15) is 0 Å². The summed E-state index contributed by atoms with van der Waals surface area (Å²) in [4.78, 5) is 0. The largest absolute Gasteiger partial charge is 0.345 e. The van der Waals surface area contributed by atoms with Crippen molar-refractivity contribution in [3.8, 4) is 0 Å². The molecule has 0 aliphatic heterocycles. The van der Waals surface area contributed by atoms with Crippen molar-refractivity contribution in [2.75, 3.05) is 0 Å². The van der Waals surface area contributed by atoms with E-state index in [9.17, 15) is 0 Å². The molecule has 3 aliphatic rings. The molecule has 0 aromatic rings. The predicted octanol–water partition coefficient (Wildman–Crippen LogP) is 2.96. The molecule has 1 nitrogen and oxygen atoms in total. The second kappa shape index (κ2) is 2.95. The lowest BCUT2D eigenvalue weighted by Crippen LogP contribution is -2.41. The lowest BCUT2D eigenvalue weighted by Gasteiger charge is -2.45. The average molecular weight is 173 g/mol. The van der Waals surface area contributed by atoms with Crippen LogP contribution in [-0.4, -0.2) is 5.60 Å². The normalized spacial score (nSPS) is 42.8. The quantitative estimate of drug-likeness (QED) is 0.623. The van der Waals surface area contributed by atoms with Crippen molar-refractivity contribution < 1.29 is 4.74 Å².